The molecule has 0 spiro atoms. The molecule has 1 amide bonds. The standard InChI is InChI=1S/C20H24N6O/c1-14-10-18-15(12-23-24-18)11-19(14)26(20(27)17-8-9-21-13-22-17)25(2)16-6-4-3-5-7-16/h8-13,16H,3-7H2,1-2H3,(H,23,24). The first kappa shape index (κ1) is 17.6. The topological polar surface area (TPSA) is 78.0 Å². The van der Waals surface area contributed by atoms with Gasteiger partial charge in [-0.3, -0.25) is 9.89 Å². The predicted molar refractivity (Wildman–Crippen MR) is 104 cm³/mol. The third kappa shape index (κ3) is 3.42. The summed E-state index contributed by atoms with van der Waals surface area (Å²) in [5.74, 6) is -0.142. The molecule has 1 aliphatic rings. The van der Waals surface area contributed by atoms with E-state index in [4.69, 9.17) is 0 Å². The Bertz CT molecular complexity index is 932. The highest BCUT2D eigenvalue weighted by Gasteiger charge is 2.30. The Morgan fingerprint density at radius 3 is 2.78 bits per heavy atom. The smallest absolute Gasteiger partial charge is 0.278 e. The molecule has 1 aromatic carbocycles. The maximum absolute atomic E-state index is 13.4. The average molecular weight is 364 g/mol. The second kappa shape index (κ2) is 7.44. The molecule has 0 radical (unpaired) electrons. The Kier molecular flexibility index (Phi) is 4.85. The summed E-state index contributed by atoms with van der Waals surface area (Å²) >= 11 is 0. The Labute approximate surface area is 158 Å². The summed E-state index contributed by atoms with van der Waals surface area (Å²) in [6.07, 6.45) is 10.7. The van der Waals surface area contributed by atoms with Crippen molar-refractivity contribution in [2.45, 2.75) is 45.1 Å². The van der Waals surface area contributed by atoms with E-state index in [1.165, 1.54) is 25.6 Å². The zero-order valence-electron chi connectivity index (χ0n) is 15.7. The summed E-state index contributed by atoms with van der Waals surface area (Å²) in [4.78, 5) is 21.6. The average Bonchev–Trinajstić information content (AvgIpc) is 3.16. The van der Waals surface area contributed by atoms with Crippen molar-refractivity contribution in [2.24, 2.45) is 0 Å². The summed E-state index contributed by atoms with van der Waals surface area (Å²) in [7, 11) is 2.01. The van der Waals surface area contributed by atoms with E-state index in [1.54, 1.807) is 23.5 Å². The second-order valence-corrected chi connectivity index (χ2v) is 7.17. The van der Waals surface area contributed by atoms with Gasteiger partial charge in [0.05, 0.1) is 17.4 Å². The summed E-state index contributed by atoms with van der Waals surface area (Å²) in [6.45, 7) is 2.02. The molecule has 0 saturated heterocycles. The molecule has 3 aromatic rings. The van der Waals surface area contributed by atoms with Gasteiger partial charge in [-0.05, 0) is 43.5 Å². The molecule has 0 bridgehead atoms. The van der Waals surface area contributed by atoms with Crippen LogP contribution in [0.1, 0.15) is 48.2 Å². The fraction of sp³-hybridized carbons (Fsp3) is 0.400. The van der Waals surface area contributed by atoms with Crippen LogP contribution in [0, 0.1) is 6.92 Å². The minimum Gasteiger partial charge on any atom is -0.278 e. The van der Waals surface area contributed by atoms with Crippen molar-refractivity contribution in [3.05, 3.63) is 48.2 Å². The van der Waals surface area contributed by atoms with Crippen LogP contribution in [0.4, 0.5) is 5.69 Å². The van der Waals surface area contributed by atoms with E-state index in [2.05, 4.69) is 25.2 Å². The van der Waals surface area contributed by atoms with Crippen LogP contribution in [0.15, 0.2) is 36.9 Å². The number of aryl methyl sites for hydroxylation is 1. The van der Waals surface area contributed by atoms with Gasteiger partial charge in [-0.2, -0.15) is 5.10 Å². The van der Waals surface area contributed by atoms with Crippen molar-refractivity contribution in [2.75, 3.05) is 12.1 Å². The molecule has 1 fully saturated rings. The van der Waals surface area contributed by atoms with Crippen LogP contribution in [0.5, 0.6) is 0 Å². The molecular formula is C20H24N6O. The lowest BCUT2D eigenvalue weighted by atomic mass is 9.95. The van der Waals surface area contributed by atoms with Crippen molar-refractivity contribution in [1.82, 2.24) is 25.2 Å². The van der Waals surface area contributed by atoms with E-state index in [0.29, 0.717) is 11.7 Å². The van der Waals surface area contributed by atoms with Crippen molar-refractivity contribution >= 4 is 22.5 Å². The Balaban J connectivity index is 1.78. The van der Waals surface area contributed by atoms with Crippen LogP contribution in [-0.4, -0.2) is 44.2 Å². The molecule has 7 nitrogen and oxygen atoms in total. The van der Waals surface area contributed by atoms with Gasteiger partial charge in [0, 0.05) is 24.7 Å². The minimum atomic E-state index is -0.142. The zero-order chi connectivity index (χ0) is 18.8. The number of aromatic nitrogens is 4. The van der Waals surface area contributed by atoms with Gasteiger partial charge < -0.3 is 0 Å². The molecule has 0 unspecified atom stereocenters. The van der Waals surface area contributed by atoms with Crippen molar-refractivity contribution in [1.29, 1.82) is 0 Å². The molecule has 2 heterocycles. The fourth-order valence-electron chi connectivity index (χ4n) is 3.88. The van der Waals surface area contributed by atoms with Crippen LogP contribution in [0.25, 0.3) is 10.9 Å². The van der Waals surface area contributed by atoms with Gasteiger partial charge in [-0.15, -0.1) is 0 Å². The van der Waals surface area contributed by atoms with Crippen LogP contribution in [0.3, 0.4) is 0 Å². The van der Waals surface area contributed by atoms with Crippen LogP contribution >= 0.6 is 0 Å². The van der Waals surface area contributed by atoms with Crippen molar-refractivity contribution in [3.63, 3.8) is 0 Å². The number of hydrogen-bond donors (Lipinski definition) is 1. The molecule has 0 aliphatic heterocycles. The number of hydrazine groups is 1. The maximum Gasteiger partial charge on any atom is 0.291 e. The molecule has 4 rings (SSSR count). The first-order valence-electron chi connectivity index (χ1n) is 9.42. The quantitative estimate of drug-likeness (QED) is 0.717. The molecule has 1 N–H and O–H groups in total. The highest BCUT2D eigenvalue weighted by Crippen LogP contribution is 2.31. The first-order valence-corrected chi connectivity index (χ1v) is 9.42. The summed E-state index contributed by atoms with van der Waals surface area (Å²) in [6, 6.07) is 6.05. The van der Waals surface area contributed by atoms with Gasteiger partial charge in [-0.25, -0.2) is 20.0 Å². The fourth-order valence-corrected chi connectivity index (χ4v) is 3.88. The molecule has 0 atom stereocenters. The Hall–Kier alpha value is -2.80. The number of H-pyrrole nitrogens is 1. The number of benzene rings is 1. The Morgan fingerprint density at radius 2 is 2.04 bits per heavy atom. The number of fused-ring (bicyclic) bond motifs is 1. The van der Waals surface area contributed by atoms with Gasteiger partial charge in [-0.1, -0.05) is 19.3 Å². The number of nitrogens with zero attached hydrogens (tertiary/aromatic N) is 5. The van der Waals surface area contributed by atoms with Crippen molar-refractivity contribution in [3.8, 4) is 0 Å². The normalized spacial score (nSPS) is 15.4. The van der Waals surface area contributed by atoms with E-state index >= 15 is 0 Å². The molecule has 2 aromatic heterocycles. The maximum atomic E-state index is 13.4. The largest absolute Gasteiger partial charge is 0.291 e. The van der Waals surface area contributed by atoms with Gasteiger partial charge in [0.1, 0.15) is 12.0 Å². The SMILES string of the molecule is Cc1cc2[nH]ncc2cc1N(C(=O)c1ccncn1)N(C)C1CCCCC1. The number of rotatable bonds is 4. The number of carbonyl (C=O) groups excluding carboxylic acids is 1. The number of aromatic amines is 1. The summed E-state index contributed by atoms with van der Waals surface area (Å²) in [5, 5.41) is 12.0. The number of nitrogens with one attached hydrogen (secondary N) is 1. The second-order valence-electron chi connectivity index (χ2n) is 7.17. The number of anilines is 1. The lowest BCUT2D eigenvalue weighted by Gasteiger charge is -2.39. The van der Waals surface area contributed by atoms with Gasteiger partial charge in [0.15, 0.2) is 0 Å². The van der Waals surface area contributed by atoms with Crippen LogP contribution in [-0.2, 0) is 0 Å². The minimum absolute atomic E-state index is 0.142. The van der Waals surface area contributed by atoms with Crippen LogP contribution < -0.4 is 5.01 Å². The van der Waals surface area contributed by atoms with E-state index in [9.17, 15) is 4.79 Å². The van der Waals surface area contributed by atoms with Gasteiger partial charge >= 0.3 is 0 Å². The predicted octanol–water partition coefficient (Wildman–Crippen LogP) is 3.49. The zero-order valence-corrected chi connectivity index (χ0v) is 15.7. The van der Waals surface area contributed by atoms with Gasteiger partial charge in [0.25, 0.3) is 5.91 Å². The van der Waals surface area contributed by atoms with E-state index in [1.807, 2.05) is 26.1 Å². The lowest BCUT2D eigenvalue weighted by molar-refractivity contribution is 0.0845. The molecule has 7 heteroatoms. The Morgan fingerprint density at radius 1 is 1.22 bits per heavy atom. The van der Waals surface area contributed by atoms with E-state index in [-0.39, 0.29) is 5.91 Å². The molecule has 1 aliphatic carbocycles. The molecule has 140 valence electrons. The third-order valence-electron chi connectivity index (χ3n) is 5.40. The number of carbonyl (C=O) groups is 1. The number of amides is 1. The number of hydrogen-bond acceptors (Lipinski definition) is 5. The van der Waals surface area contributed by atoms with E-state index < -0.39 is 0 Å². The summed E-state index contributed by atoms with van der Waals surface area (Å²) < 4.78 is 0. The molecule has 27 heavy (non-hydrogen) atoms. The summed E-state index contributed by atoms with van der Waals surface area (Å²) in [5.41, 5.74) is 3.22. The monoisotopic (exact) mass is 364 g/mol. The van der Waals surface area contributed by atoms with Gasteiger partial charge in [0.2, 0.25) is 0 Å². The van der Waals surface area contributed by atoms with E-state index in [0.717, 1.165) is 35.0 Å². The third-order valence-corrected chi connectivity index (χ3v) is 5.40. The molecular weight excluding hydrogens is 340 g/mol. The van der Waals surface area contributed by atoms with Crippen LogP contribution in [0.2, 0.25) is 0 Å². The highest BCUT2D eigenvalue weighted by atomic mass is 16.2. The van der Waals surface area contributed by atoms with Crippen molar-refractivity contribution < 1.29 is 4.79 Å². The molecule has 1 saturated carbocycles. The lowest BCUT2D eigenvalue weighted by Crippen LogP contribution is -2.51. The highest BCUT2D eigenvalue weighted by molar-refractivity contribution is 6.05. The first-order chi connectivity index (χ1) is 13.1.